The highest BCUT2D eigenvalue weighted by Gasteiger charge is 2.58. The predicted octanol–water partition coefficient (Wildman–Crippen LogP) is 5.98. The number of rotatable bonds is 16. The van der Waals surface area contributed by atoms with Crippen LogP contribution in [-0.4, -0.2) is 40.0 Å². The molecular formula is C24H42O4. The van der Waals surface area contributed by atoms with Crippen LogP contribution in [0.5, 0.6) is 0 Å². The first-order valence-corrected chi connectivity index (χ1v) is 10.8. The second kappa shape index (κ2) is 13.3. The molecule has 0 aliphatic rings. The van der Waals surface area contributed by atoms with Gasteiger partial charge in [-0.15, -0.1) is 0 Å². The van der Waals surface area contributed by atoms with Gasteiger partial charge in [-0.3, -0.25) is 0 Å². The van der Waals surface area contributed by atoms with Crippen LogP contribution in [0, 0.1) is 5.92 Å². The third-order valence-corrected chi connectivity index (χ3v) is 5.95. The van der Waals surface area contributed by atoms with Gasteiger partial charge in [0, 0.05) is 28.4 Å². The predicted molar refractivity (Wildman–Crippen MR) is 115 cm³/mol. The van der Waals surface area contributed by atoms with Gasteiger partial charge in [0.15, 0.2) is 5.60 Å². The van der Waals surface area contributed by atoms with Crippen molar-refractivity contribution >= 4 is 0 Å². The van der Waals surface area contributed by atoms with Crippen LogP contribution >= 0.6 is 0 Å². The molecule has 1 aromatic carbocycles. The SMILES string of the molecule is CCCCCCCC(Cc1ccccc1)C(CCC)(OC)C(OC)(OC)OC. The fourth-order valence-corrected chi connectivity index (χ4v) is 4.53. The zero-order chi connectivity index (χ0) is 20.9. The van der Waals surface area contributed by atoms with Crippen molar-refractivity contribution in [2.45, 2.75) is 83.2 Å². The van der Waals surface area contributed by atoms with E-state index in [9.17, 15) is 0 Å². The molecule has 0 heterocycles. The van der Waals surface area contributed by atoms with E-state index in [0.717, 1.165) is 25.7 Å². The van der Waals surface area contributed by atoms with Gasteiger partial charge in [0.05, 0.1) is 0 Å². The van der Waals surface area contributed by atoms with Crippen LogP contribution in [0.4, 0.5) is 0 Å². The van der Waals surface area contributed by atoms with Crippen LogP contribution in [0.2, 0.25) is 0 Å². The molecule has 0 saturated heterocycles. The molecule has 4 nitrogen and oxygen atoms in total. The minimum atomic E-state index is -1.24. The van der Waals surface area contributed by atoms with Crippen molar-refractivity contribution in [3.63, 3.8) is 0 Å². The second-order valence-corrected chi connectivity index (χ2v) is 7.60. The van der Waals surface area contributed by atoms with Gasteiger partial charge < -0.3 is 18.9 Å². The van der Waals surface area contributed by atoms with E-state index < -0.39 is 11.6 Å². The highest BCUT2D eigenvalue weighted by Crippen LogP contribution is 2.44. The summed E-state index contributed by atoms with van der Waals surface area (Å²) in [6.07, 6.45) is 9.94. The van der Waals surface area contributed by atoms with Crippen molar-refractivity contribution in [2.24, 2.45) is 5.92 Å². The van der Waals surface area contributed by atoms with Crippen molar-refractivity contribution in [1.82, 2.24) is 0 Å². The Kier molecular flexibility index (Phi) is 11.9. The van der Waals surface area contributed by atoms with Crippen molar-refractivity contribution in [3.8, 4) is 0 Å². The molecule has 0 aliphatic heterocycles. The zero-order valence-electron chi connectivity index (χ0n) is 19.0. The lowest BCUT2D eigenvalue weighted by molar-refractivity contribution is -0.434. The van der Waals surface area contributed by atoms with Gasteiger partial charge in [-0.1, -0.05) is 82.7 Å². The molecule has 2 atom stereocenters. The van der Waals surface area contributed by atoms with E-state index in [4.69, 9.17) is 18.9 Å². The first kappa shape index (κ1) is 25.1. The van der Waals surface area contributed by atoms with Crippen LogP contribution in [0.3, 0.4) is 0 Å². The maximum atomic E-state index is 6.25. The summed E-state index contributed by atoms with van der Waals surface area (Å²) in [5.41, 5.74) is 0.608. The van der Waals surface area contributed by atoms with Crippen LogP contribution in [0.25, 0.3) is 0 Å². The van der Waals surface area contributed by atoms with Gasteiger partial charge in [-0.25, -0.2) is 0 Å². The third kappa shape index (κ3) is 6.03. The molecule has 4 heteroatoms. The molecule has 1 aromatic rings. The Labute approximate surface area is 172 Å². The first-order valence-electron chi connectivity index (χ1n) is 10.8. The van der Waals surface area contributed by atoms with Crippen LogP contribution in [0.1, 0.15) is 70.8 Å². The Morgan fingerprint density at radius 2 is 1.36 bits per heavy atom. The summed E-state index contributed by atoms with van der Waals surface area (Å²) >= 11 is 0. The van der Waals surface area contributed by atoms with Gasteiger partial charge in [0.1, 0.15) is 0 Å². The van der Waals surface area contributed by atoms with E-state index in [1.165, 1.54) is 37.7 Å². The Hall–Kier alpha value is -0.940. The largest absolute Gasteiger partial charge is 0.369 e. The van der Waals surface area contributed by atoms with Crippen LogP contribution in [0.15, 0.2) is 30.3 Å². The quantitative estimate of drug-likeness (QED) is 0.255. The number of hydrogen-bond donors (Lipinski definition) is 0. The topological polar surface area (TPSA) is 36.9 Å². The molecule has 0 bridgehead atoms. The Bertz CT molecular complexity index is 492. The summed E-state index contributed by atoms with van der Waals surface area (Å²) in [5, 5.41) is 0. The molecular weight excluding hydrogens is 352 g/mol. The standard InChI is InChI=1S/C24H42O4/c1-7-9-10-11-15-18-22(20-21-16-13-12-14-17-21)23(25-3,19-8-2)24(26-4,27-5)28-6/h12-14,16-17,22H,7-11,15,18-20H2,1-6H3. The van der Waals surface area contributed by atoms with Crippen LogP contribution in [-0.2, 0) is 25.4 Å². The summed E-state index contributed by atoms with van der Waals surface area (Å²) in [4.78, 5) is 0. The van der Waals surface area contributed by atoms with E-state index >= 15 is 0 Å². The minimum Gasteiger partial charge on any atom is -0.369 e. The smallest absolute Gasteiger partial charge is 0.313 e. The molecule has 0 aromatic heterocycles. The molecule has 0 fully saturated rings. The molecule has 0 N–H and O–H groups in total. The molecule has 2 unspecified atom stereocenters. The van der Waals surface area contributed by atoms with E-state index in [2.05, 4.69) is 44.2 Å². The molecule has 0 saturated carbocycles. The van der Waals surface area contributed by atoms with E-state index in [1.54, 1.807) is 28.4 Å². The maximum absolute atomic E-state index is 6.25. The van der Waals surface area contributed by atoms with E-state index in [-0.39, 0.29) is 5.92 Å². The lowest BCUT2D eigenvalue weighted by Crippen LogP contribution is -2.63. The summed E-state index contributed by atoms with van der Waals surface area (Å²) < 4.78 is 23.8. The first-order chi connectivity index (χ1) is 13.6. The summed E-state index contributed by atoms with van der Waals surface area (Å²) in [5.74, 6) is -1.03. The average Bonchev–Trinajstić information content (AvgIpc) is 2.74. The molecule has 0 aliphatic carbocycles. The molecule has 0 spiro atoms. The van der Waals surface area contributed by atoms with E-state index in [1.807, 2.05) is 0 Å². The Balaban J connectivity index is 3.23. The van der Waals surface area contributed by atoms with Crippen molar-refractivity contribution < 1.29 is 18.9 Å². The van der Waals surface area contributed by atoms with Gasteiger partial charge in [-0.05, 0) is 30.7 Å². The number of ether oxygens (including phenoxy) is 4. The fourth-order valence-electron chi connectivity index (χ4n) is 4.53. The molecule has 0 amide bonds. The lowest BCUT2D eigenvalue weighted by atomic mass is 9.74. The number of methoxy groups -OCH3 is 4. The van der Waals surface area contributed by atoms with E-state index in [0.29, 0.717) is 0 Å². The summed E-state index contributed by atoms with van der Waals surface area (Å²) in [7, 11) is 6.67. The molecule has 1 rings (SSSR count). The van der Waals surface area contributed by atoms with Crippen molar-refractivity contribution in [2.75, 3.05) is 28.4 Å². The number of benzene rings is 1. The number of unbranched alkanes of at least 4 members (excludes halogenated alkanes) is 4. The maximum Gasteiger partial charge on any atom is 0.313 e. The van der Waals surface area contributed by atoms with Gasteiger partial charge >= 0.3 is 5.97 Å². The van der Waals surface area contributed by atoms with Crippen molar-refractivity contribution in [3.05, 3.63) is 35.9 Å². The van der Waals surface area contributed by atoms with Gasteiger partial charge in [0.25, 0.3) is 0 Å². The highest BCUT2D eigenvalue weighted by molar-refractivity contribution is 5.17. The monoisotopic (exact) mass is 394 g/mol. The molecule has 162 valence electrons. The fraction of sp³-hybridized carbons (Fsp3) is 0.750. The molecule has 0 radical (unpaired) electrons. The normalized spacial score (nSPS) is 15.4. The highest BCUT2D eigenvalue weighted by atomic mass is 16.9. The van der Waals surface area contributed by atoms with Crippen LogP contribution < -0.4 is 0 Å². The third-order valence-electron chi connectivity index (χ3n) is 5.95. The summed E-state index contributed by atoms with van der Waals surface area (Å²) in [6.45, 7) is 4.42. The minimum absolute atomic E-state index is 0.210. The lowest BCUT2D eigenvalue weighted by Gasteiger charge is -2.50. The summed E-state index contributed by atoms with van der Waals surface area (Å²) in [6, 6.07) is 10.6. The average molecular weight is 395 g/mol. The van der Waals surface area contributed by atoms with Crippen molar-refractivity contribution in [1.29, 1.82) is 0 Å². The molecule has 28 heavy (non-hydrogen) atoms. The van der Waals surface area contributed by atoms with Gasteiger partial charge in [0.2, 0.25) is 0 Å². The number of hydrogen-bond acceptors (Lipinski definition) is 4. The Morgan fingerprint density at radius 3 is 1.86 bits per heavy atom. The second-order valence-electron chi connectivity index (χ2n) is 7.60. The Morgan fingerprint density at radius 1 is 0.750 bits per heavy atom. The van der Waals surface area contributed by atoms with Gasteiger partial charge in [-0.2, -0.15) is 0 Å². The zero-order valence-corrected chi connectivity index (χ0v) is 19.0.